The maximum atomic E-state index is 11.8. The molecule has 0 aliphatic heterocycles. The van der Waals surface area contributed by atoms with Crippen LogP contribution in [0.4, 0.5) is 0 Å². The Morgan fingerprint density at radius 1 is 1.21 bits per heavy atom. The summed E-state index contributed by atoms with van der Waals surface area (Å²) in [6, 6.07) is 3.44. The van der Waals surface area contributed by atoms with Crippen molar-refractivity contribution in [3.05, 3.63) is 53.4 Å². The number of carbonyl (C=O) groups excluding carboxylic acids is 1. The highest BCUT2D eigenvalue weighted by Gasteiger charge is 2.07. The van der Waals surface area contributed by atoms with Gasteiger partial charge >= 0.3 is 0 Å². The molecule has 2 aromatic heterocycles. The Morgan fingerprint density at radius 2 is 2.05 bits per heavy atom. The van der Waals surface area contributed by atoms with Gasteiger partial charge in [0.05, 0.1) is 24.1 Å². The molecule has 0 aromatic carbocycles. The molecule has 0 bridgehead atoms. The van der Waals surface area contributed by atoms with Crippen LogP contribution in [0, 0.1) is 6.92 Å². The first-order valence-electron chi connectivity index (χ1n) is 5.90. The summed E-state index contributed by atoms with van der Waals surface area (Å²) < 4.78 is 0. The van der Waals surface area contributed by atoms with E-state index in [-0.39, 0.29) is 5.91 Å². The van der Waals surface area contributed by atoms with Crippen LogP contribution < -0.4 is 11.1 Å². The molecule has 0 unspecified atom stereocenters. The molecule has 3 N–H and O–H groups in total. The highest BCUT2D eigenvalue weighted by molar-refractivity contribution is 5.92. The molecule has 0 saturated heterocycles. The van der Waals surface area contributed by atoms with E-state index in [9.17, 15) is 4.79 Å². The van der Waals surface area contributed by atoms with Crippen molar-refractivity contribution < 1.29 is 4.79 Å². The number of nitrogens with two attached hydrogens (primary N) is 1. The number of hydrogen-bond acceptors (Lipinski definition) is 5. The molecule has 0 fully saturated rings. The largest absolute Gasteiger partial charge is 0.345 e. The zero-order valence-electron chi connectivity index (χ0n) is 10.6. The SMILES string of the molecule is Cc1cnc(CNC(=O)c2ccc(CN)cn2)cn1. The molecule has 0 saturated carbocycles. The lowest BCUT2D eigenvalue weighted by atomic mass is 10.2. The molecule has 2 heterocycles. The van der Waals surface area contributed by atoms with Gasteiger partial charge in [0.15, 0.2) is 0 Å². The third-order valence-corrected chi connectivity index (χ3v) is 2.56. The van der Waals surface area contributed by atoms with Crippen molar-refractivity contribution in [3.63, 3.8) is 0 Å². The number of nitrogens with one attached hydrogen (secondary N) is 1. The van der Waals surface area contributed by atoms with Gasteiger partial charge in [0.25, 0.3) is 5.91 Å². The van der Waals surface area contributed by atoms with Crippen LogP contribution in [0.2, 0.25) is 0 Å². The fourth-order valence-electron chi connectivity index (χ4n) is 1.45. The Kier molecular flexibility index (Phi) is 4.15. The number of amides is 1. The van der Waals surface area contributed by atoms with Gasteiger partial charge in [-0.25, -0.2) is 0 Å². The van der Waals surface area contributed by atoms with Crippen LogP contribution in [-0.2, 0) is 13.1 Å². The Balaban J connectivity index is 1.95. The smallest absolute Gasteiger partial charge is 0.270 e. The van der Waals surface area contributed by atoms with Crippen LogP contribution >= 0.6 is 0 Å². The number of pyridine rings is 1. The van der Waals surface area contributed by atoms with E-state index < -0.39 is 0 Å². The third kappa shape index (κ3) is 3.56. The lowest BCUT2D eigenvalue weighted by molar-refractivity contribution is 0.0945. The van der Waals surface area contributed by atoms with Crippen molar-refractivity contribution in [1.29, 1.82) is 0 Å². The van der Waals surface area contributed by atoms with Gasteiger partial charge < -0.3 is 11.1 Å². The normalized spacial score (nSPS) is 10.2. The number of nitrogens with zero attached hydrogens (tertiary/aromatic N) is 3. The first kappa shape index (κ1) is 13.1. The molecule has 0 radical (unpaired) electrons. The summed E-state index contributed by atoms with van der Waals surface area (Å²) in [5.74, 6) is -0.244. The van der Waals surface area contributed by atoms with Crippen molar-refractivity contribution in [2.24, 2.45) is 5.73 Å². The summed E-state index contributed by atoms with van der Waals surface area (Å²) in [6.07, 6.45) is 4.90. The second-order valence-corrected chi connectivity index (χ2v) is 4.09. The summed E-state index contributed by atoms with van der Waals surface area (Å²) in [5.41, 5.74) is 8.26. The van der Waals surface area contributed by atoms with Crippen LogP contribution in [0.5, 0.6) is 0 Å². The van der Waals surface area contributed by atoms with Gasteiger partial charge in [-0.1, -0.05) is 6.07 Å². The van der Waals surface area contributed by atoms with Crippen molar-refractivity contribution in [2.75, 3.05) is 0 Å². The second kappa shape index (κ2) is 6.01. The molecule has 6 nitrogen and oxygen atoms in total. The van der Waals surface area contributed by atoms with Crippen molar-refractivity contribution in [2.45, 2.75) is 20.0 Å². The maximum Gasteiger partial charge on any atom is 0.270 e. The Hall–Kier alpha value is -2.34. The topological polar surface area (TPSA) is 93.8 Å². The van der Waals surface area contributed by atoms with Crippen LogP contribution in [0.25, 0.3) is 0 Å². The standard InChI is InChI=1S/C13H15N5O/c1-9-5-16-11(7-15-9)8-18-13(19)12-3-2-10(4-14)6-17-12/h2-3,5-7H,4,8,14H2,1H3,(H,18,19). The van der Waals surface area contributed by atoms with E-state index in [0.717, 1.165) is 11.3 Å². The first-order chi connectivity index (χ1) is 9.19. The minimum absolute atomic E-state index is 0.244. The predicted molar refractivity (Wildman–Crippen MR) is 70.1 cm³/mol. The van der Waals surface area contributed by atoms with Gasteiger partial charge in [-0.05, 0) is 18.6 Å². The quantitative estimate of drug-likeness (QED) is 0.835. The minimum Gasteiger partial charge on any atom is -0.345 e. The number of aromatic nitrogens is 3. The lowest BCUT2D eigenvalue weighted by Gasteiger charge is -2.04. The number of aryl methyl sites for hydroxylation is 1. The maximum absolute atomic E-state index is 11.8. The Morgan fingerprint density at radius 3 is 2.63 bits per heavy atom. The summed E-state index contributed by atoms with van der Waals surface area (Å²) in [6.45, 7) is 2.60. The summed E-state index contributed by atoms with van der Waals surface area (Å²) in [5, 5.41) is 2.74. The number of carbonyl (C=O) groups is 1. The van der Waals surface area contributed by atoms with Gasteiger partial charge in [0.1, 0.15) is 5.69 Å². The molecule has 0 aliphatic carbocycles. The van der Waals surface area contributed by atoms with Crippen LogP contribution in [0.1, 0.15) is 27.4 Å². The monoisotopic (exact) mass is 257 g/mol. The highest BCUT2D eigenvalue weighted by atomic mass is 16.1. The fraction of sp³-hybridized carbons (Fsp3) is 0.231. The van der Waals surface area contributed by atoms with Crippen molar-refractivity contribution in [1.82, 2.24) is 20.3 Å². The molecule has 2 rings (SSSR count). The third-order valence-electron chi connectivity index (χ3n) is 2.56. The van der Waals surface area contributed by atoms with Crippen molar-refractivity contribution >= 4 is 5.91 Å². The Labute approximate surface area is 111 Å². The average Bonchev–Trinajstić information content (AvgIpc) is 2.46. The van der Waals surface area contributed by atoms with Gasteiger partial charge in [-0.3, -0.25) is 19.7 Å². The first-order valence-corrected chi connectivity index (χ1v) is 5.90. The highest BCUT2D eigenvalue weighted by Crippen LogP contribution is 2.00. The summed E-state index contributed by atoms with van der Waals surface area (Å²) in [7, 11) is 0. The molecule has 6 heteroatoms. The number of rotatable bonds is 4. The van der Waals surface area contributed by atoms with Gasteiger partial charge in [-0.15, -0.1) is 0 Å². The number of hydrogen-bond donors (Lipinski definition) is 2. The van der Waals surface area contributed by atoms with E-state index in [2.05, 4.69) is 20.3 Å². The predicted octanol–water partition coefficient (Wildman–Crippen LogP) is 0.569. The van der Waals surface area contributed by atoms with Crippen molar-refractivity contribution in [3.8, 4) is 0 Å². The van der Waals surface area contributed by atoms with E-state index in [1.165, 1.54) is 0 Å². The van der Waals surface area contributed by atoms with Gasteiger partial charge in [0.2, 0.25) is 0 Å². The zero-order chi connectivity index (χ0) is 13.7. The lowest BCUT2D eigenvalue weighted by Crippen LogP contribution is -2.24. The molecule has 0 aliphatic rings. The van der Waals surface area contributed by atoms with E-state index >= 15 is 0 Å². The van der Waals surface area contributed by atoms with E-state index in [1.54, 1.807) is 30.7 Å². The van der Waals surface area contributed by atoms with Gasteiger partial charge in [-0.2, -0.15) is 0 Å². The average molecular weight is 257 g/mol. The zero-order valence-corrected chi connectivity index (χ0v) is 10.6. The molecule has 98 valence electrons. The molecule has 0 atom stereocenters. The molecule has 19 heavy (non-hydrogen) atoms. The molecule has 1 amide bonds. The van der Waals surface area contributed by atoms with E-state index in [1.807, 2.05) is 6.92 Å². The minimum atomic E-state index is -0.244. The van der Waals surface area contributed by atoms with Gasteiger partial charge in [0, 0.05) is 18.9 Å². The second-order valence-electron chi connectivity index (χ2n) is 4.09. The summed E-state index contributed by atoms with van der Waals surface area (Å²) >= 11 is 0. The van der Waals surface area contributed by atoms with Crippen LogP contribution in [0.3, 0.4) is 0 Å². The molecular formula is C13H15N5O. The molecular weight excluding hydrogens is 242 g/mol. The molecule has 2 aromatic rings. The van der Waals surface area contributed by atoms with Crippen LogP contribution in [-0.4, -0.2) is 20.9 Å². The van der Waals surface area contributed by atoms with E-state index in [4.69, 9.17) is 5.73 Å². The Bertz CT molecular complexity index is 550. The van der Waals surface area contributed by atoms with E-state index in [0.29, 0.717) is 24.5 Å². The van der Waals surface area contributed by atoms with Crippen LogP contribution in [0.15, 0.2) is 30.7 Å². The molecule has 0 spiro atoms. The fourth-order valence-corrected chi connectivity index (χ4v) is 1.45. The summed E-state index contributed by atoms with van der Waals surface area (Å²) in [4.78, 5) is 24.1.